The maximum absolute atomic E-state index is 5.20. The first-order chi connectivity index (χ1) is 7.13. The second kappa shape index (κ2) is 6.46. The molecule has 1 aliphatic rings. The second-order valence-electron chi connectivity index (χ2n) is 4.95. The lowest BCUT2D eigenvalue weighted by Crippen LogP contribution is -2.33. The fourth-order valence-electron chi connectivity index (χ4n) is 2.07. The number of nitrogens with one attached hydrogen (secondary N) is 1. The number of rotatable bonds is 6. The molecule has 0 spiro atoms. The maximum Gasteiger partial charge on any atom is 0.0667 e. The lowest BCUT2D eigenvalue weighted by molar-refractivity contribution is 0.116. The minimum Gasteiger partial charge on any atom is -0.380 e. The van der Waals surface area contributed by atoms with Crippen molar-refractivity contribution < 1.29 is 4.74 Å². The quantitative estimate of drug-likeness (QED) is 0.722. The maximum atomic E-state index is 5.20. The van der Waals surface area contributed by atoms with Crippen molar-refractivity contribution in [1.29, 1.82) is 0 Å². The summed E-state index contributed by atoms with van der Waals surface area (Å²) in [5.41, 5.74) is 0. The number of methoxy groups -OCH3 is 1. The van der Waals surface area contributed by atoms with E-state index in [1.807, 2.05) is 0 Å². The monoisotopic (exact) mass is 214 g/mol. The van der Waals surface area contributed by atoms with E-state index in [4.69, 9.17) is 4.74 Å². The van der Waals surface area contributed by atoms with Crippen LogP contribution in [0.5, 0.6) is 0 Å². The van der Waals surface area contributed by atoms with Crippen molar-refractivity contribution in [3.63, 3.8) is 0 Å². The van der Waals surface area contributed by atoms with E-state index in [1.54, 1.807) is 7.11 Å². The van der Waals surface area contributed by atoms with E-state index in [2.05, 4.69) is 31.0 Å². The van der Waals surface area contributed by atoms with Gasteiger partial charge in [-0.3, -0.25) is 0 Å². The predicted octanol–water partition coefficient (Wildman–Crippen LogP) is 1.34. The van der Waals surface area contributed by atoms with Gasteiger partial charge in [0.15, 0.2) is 0 Å². The predicted molar refractivity (Wildman–Crippen MR) is 64.2 cm³/mol. The first-order valence-corrected chi connectivity index (χ1v) is 6.11. The Morgan fingerprint density at radius 3 is 2.67 bits per heavy atom. The molecular weight excluding hydrogens is 188 g/mol. The van der Waals surface area contributed by atoms with Crippen LogP contribution in [-0.4, -0.2) is 50.3 Å². The average Bonchev–Trinajstić information content (AvgIpc) is 2.66. The summed E-state index contributed by atoms with van der Waals surface area (Å²) in [5, 5.41) is 3.49. The van der Waals surface area contributed by atoms with Crippen LogP contribution in [0.4, 0.5) is 0 Å². The second-order valence-corrected chi connectivity index (χ2v) is 4.95. The van der Waals surface area contributed by atoms with E-state index in [1.165, 1.54) is 19.5 Å². The van der Waals surface area contributed by atoms with Crippen LogP contribution in [0.25, 0.3) is 0 Å². The van der Waals surface area contributed by atoms with E-state index in [-0.39, 0.29) is 0 Å². The molecule has 0 radical (unpaired) electrons. The van der Waals surface area contributed by atoms with Crippen LogP contribution < -0.4 is 5.32 Å². The van der Waals surface area contributed by atoms with Gasteiger partial charge in [0, 0.05) is 26.2 Å². The molecule has 90 valence electrons. The smallest absolute Gasteiger partial charge is 0.0667 e. The number of hydrogen-bond acceptors (Lipinski definition) is 3. The third-order valence-electron chi connectivity index (χ3n) is 3.31. The molecule has 1 heterocycles. The fourth-order valence-corrected chi connectivity index (χ4v) is 2.07. The van der Waals surface area contributed by atoms with Crippen LogP contribution in [0.1, 0.15) is 27.2 Å². The van der Waals surface area contributed by atoms with E-state index in [0.29, 0.717) is 12.1 Å². The molecule has 0 aromatic rings. The van der Waals surface area contributed by atoms with E-state index in [9.17, 15) is 0 Å². The largest absolute Gasteiger partial charge is 0.380 e. The molecule has 0 aliphatic carbocycles. The summed E-state index contributed by atoms with van der Waals surface area (Å²) in [6.45, 7) is 11.3. The Labute approximate surface area is 94.2 Å². The number of hydrogen-bond donors (Lipinski definition) is 1. The highest BCUT2D eigenvalue weighted by Crippen LogP contribution is 2.17. The number of ether oxygens (including phenoxy) is 1. The molecule has 0 aromatic carbocycles. The Bertz CT molecular complexity index is 173. The molecule has 0 bridgehead atoms. The van der Waals surface area contributed by atoms with Gasteiger partial charge in [0.1, 0.15) is 0 Å². The van der Waals surface area contributed by atoms with Crippen molar-refractivity contribution in [1.82, 2.24) is 10.2 Å². The van der Waals surface area contributed by atoms with Crippen LogP contribution in [-0.2, 0) is 4.74 Å². The average molecular weight is 214 g/mol. The van der Waals surface area contributed by atoms with Crippen LogP contribution >= 0.6 is 0 Å². The zero-order valence-electron chi connectivity index (χ0n) is 10.6. The molecule has 0 saturated carbocycles. The van der Waals surface area contributed by atoms with Crippen LogP contribution in [0.15, 0.2) is 0 Å². The molecule has 1 rings (SSSR count). The van der Waals surface area contributed by atoms with Crippen molar-refractivity contribution >= 4 is 0 Å². The first kappa shape index (κ1) is 12.9. The zero-order valence-corrected chi connectivity index (χ0v) is 10.6. The minimum atomic E-state index is 0.326. The van der Waals surface area contributed by atoms with Crippen molar-refractivity contribution in [3.05, 3.63) is 0 Å². The summed E-state index contributed by atoms with van der Waals surface area (Å²) in [4.78, 5) is 2.56. The van der Waals surface area contributed by atoms with Gasteiger partial charge >= 0.3 is 0 Å². The van der Waals surface area contributed by atoms with Gasteiger partial charge in [-0.2, -0.15) is 0 Å². The molecule has 1 saturated heterocycles. The lowest BCUT2D eigenvalue weighted by atomic mass is 10.1. The SMILES string of the molecule is COC(C)CNCC1CCN(C(C)C)C1. The van der Waals surface area contributed by atoms with Crippen LogP contribution in [0.3, 0.4) is 0 Å². The van der Waals surface area contributed by atoms with Crippen molar-refractivity contribution in [2.24, 2.45) is 5.92 Å². The Morgan fingerprint density at radius 1 is 1.40 bits per heavy atom. The molecule has 3 heteroatoms. The van der Waals surface area contributed by atoms with Gasteiger partial charge in [-0.1, -0.05) is 0 Å². The topological polar surface area (TPSA) is 24.5 Å². The van der Waals surface area contributed by atoms with Crippen molar-refractivity contribution in [3.8, 4) is 0 Å². The molecule has 2 atom stereocenters. The lowest BCUT2D eigenvalue weighted by Gasteiger charge is -2.20. The van der Waals surface area contributed by atoms with Gasteiger partial charge in [0.2, 0.25) is 0 Å². The molecule has 2 unspecified atom stereocenters. The molecule has 1 N–H and O–H groups in total. The minimum absolute atomic E-state index is 0.326. The summed E-state index contributed by atoms with van der Waals surface area (Å²) < 4.78 is 5.20. The number of likely N-dealkylation sites (tertiary alicyclic amines) is 1. The molecule has 1 aliphatic heterocycles. The van der Waals surface area contributed by atoms with Crippen LogP contribution in [0, 0.1) is 5.92 Å². The van der Waals surface area contributed by atoms with Gasteiger partial charge in [-0.15, -0.1) is 0 Å². The fraction of sp³-hybridized carbons (Fsp3) is 1.00. The molecule has 0 aromatic heterocycles. The summed E-state index contributed by atoms with van der Waals surface area (Å²) in [7, 11) is 1.77. The Morgan fingerprint density at radius 2 is 2.13 bits per heavy atom. The Balaban J connectivity index is 2.09. The highest BCUT2D eigenvalue weighted by atomic mass is 16.5. The van der Waals surface area contributed by atoms with E-state index >= 15 is 0 Å². The highest BCUT2D eigenvalue weighted by molar-refractivity contribution is 4.79. The van der Waals surface area contributed by atoms with Crippen LogP contribution in [0.2, 0.25) is 0 Å². The summed E-state index contributed by atoms with van der Waals surface area (Å²) >= 11 is 0. The van der Waals surface area contributed by atoms with Gasteiger partial charge < -0.3 is 15.0 Å². The zero-order chi connectivity index (χ0) is 11.3. The van der Waals surface area contributed by atoms with E-state index in [0.717, 1.165) is 19.0 Å². The normalized spacial score (nSPS) is 25.0. The number of nitrogens with zero attached hydrogens (tertiary/aromatic N) is 1. The Hall–Kier alpha value is -0.120. The molecule has 0 amide bonds. The molecule has 3 nitrogen and oxygen atoms in total. The molecular formula is C12H26N2O. The van der Waals surface area contributed by atoms with Gasteiger partial charge in [-0.05, 0) is 46.2 Å². The third-order valence-corrected chi connectivity index (χ3v) is 3.31. The summed E-state index contributed by atoms with van der Waals surface area (Å²) in [5.74, 6) is 0.830. The summed E-state index contributed by atoms with van der Waals surface area (Å²) in [6.07, 6.45) is 1.67. The third kappa shape index (κ3) is 4.49. The Kier molecular flexibility index (Phi) is 5.58. The van der Waals surface area contributed by atoms with E-state index < -0.39 is 0 Å². The molecule has 1 fully saturated rings. The van der Waals surface area contributed by atoms with Crippen molar-refractivity contribution in [2.45, 2.75) is 39.3 Å². The highest BCUT2D eigenvalue weighted by Gasteiger charge is 2.23. The first-order valence-electron chi connectivity index (χ1n) is 6.11. The van der Waals surface area contributed by atoms with Gasteiger partial charge in [0.25, 0.3) is 0 Å². The van der Waals surface area contributed by atoms with Crippen molar-refractivity contribution in [2.75, 3.05) is 33.3 Å². The van der Waals surface area contributed by atoms with Gasteiger partial charge in [0.05, 0.1) is 6.10 Å². The molecule has 15 heavy (non-hydrogen) atoms. The van der Waals surface area contributed by atoms with Gasteiger partial charge in [-0.25, -0.2) is 0 Å². The summed E-state index contributed by atoms with van der Waals surface area (Å²) in [6, 6.07) is 0.702. The standard InChI is InChI=1S/C12H26N2O/c1-10(2)14-6-5-12(9-14)8-13-7-11(3)15-4/h10-13H,5-9H2,1-4H3.